The quantitative estimate of drug-likeness (QED) is 0.107. The number of pyridine rings is 2. The lowest BCUT2D eigenvalue weighted by molar-refractivity contribution is 0.141. The van der Waals surface area contributed by atoms with Crippen molar-refractivity contribution in [3.63, 3.8) is 0 Å². The van der Waals surface area contributed by atoms with Gasteiger partial charge in [0.05, 0.1) is 13.2 Å². The summed E-state index contributed by atoms with van der Waals surface area (Å²) in [7, 11) is 3.42. The Morgan fingerprint density at radius 3 is 1.73 bits per heavy atom. The Labute approximate surface area is 398 Å². The van der Waals surface area contributed by atoms with Gasteiger partial charge >= 0.3 is 0 Å². The average Bonchev–Trinajstić information content (AvgIpc) is 4.10. The Kier molecular flexibility index (Phi) is 16.0. The molecular weight excluding hydrogens is 913 g/mol. The molecule has 0 unspecified atom stereocenters. The maximum Gasteiger partial charge on any atom is 0.270 e. The standard InChI is InChI=1S/C25H28N6O2.C22H22N6O.C3H7BrO/c1-33-11-10-30-9-8-17-13-21(7-6-18(17)16-30)28-25-27-15-20-12-19(14-26)24(32)31(23(20)29-25)22-4-2-3-5-22;23-11-16-9-17-13-25-22(26-18-6-5-15-12-24-8-7-14(15)10-18)27-20(17)28(21(16)29)19-3-1-2-4-19;1-5-3-2-4/h6-7,12-13,15,22H,2-5,8-11,16H2,1H3,(H,27,28,29);5-6,9-10,13,19,24H,1-4,7-8,12H2,(H,25,26,27);2-3H2,1H3. The minimum Gasteiger partial charge on any atom is -0.384 e. The highest BCUT2D eigenvalue weighted by molar-refractivity contribution is 9.09. The third-order valence-corrected chi connectivity index (χ3v) is 13.3. The summed E-state index contributed by atoms with van der Waals surface area (Å²) in [5.74, 6) is 0.915. The van der Waals surface area contributed by atoms with E-state index < -0.39 is 0 Å². The number of aromatic nitrogens is 6. The first-order valence-corrected chi connectivity index (χ1v) is 24.3. The lowest BCUT2D eigenvalue weighted by atomic mass is 9.99. The van der Waals surface area contributed by atoms with Crippen molar-refractivity contribution in [3.8, 4) is 12.1 Å². The van der Waals surface area contributed by atoms with Gasteiger partial charge in [-0.15, -0.1) is 0 Å². The fraction of sp³-hybridized carbons (Fsp3) is 0.440. The number of nitriles is 2. The van der Waals surface area contributed by atoms with Crippen molar-refractivity contribution in [3.05, 3.63) is 115 Å². The van der Waals surface area contributed by atoms with E-state index in [0.717, 1.165) is 132 Å². The largest absolute Gasteiger partial charge is 0.384 e. The zero-order chi connectivity index (χ0) is 46.7. The summed E-state index contributed by atoms with van der Waals surface area (Å²) in [6, 6.07) is 20.1. The van der Waals surface area contributed by atoms with Crippen LogP contribution in [0.4, 0.5) is 23.3 Å². The number of alkyl halides is 1. The van der Waals surface area contributed by atoms with Crippen LogP contribution in [0.15, 0.2) is 70.5 Å². The Bertz CT molecular complexity index is 2910. The first-order valence-electron chi connectivity index (χ1n) is 23.2. The van der Waals surface area contributed by atoms with Crippen LogP contribution in [0.2, 0.25) is 0 Å². The van der Waals surface area contributed by atoms with E-state index in [4.69, 9.17) is 9.72 Å². The lowest BCUT2D eigenvalue weighted by Gasteiger charge is -2.28. The first kappa shape index (κ1) is 47.4. The van der Waals surface area contributed by atoms with Gasteiger partial charge in [-0.25, -0.2) is 9.97 Å². The number of fused-ring (bicyclic) bond motifs is 4. The summed E-state index contributed by atoms with van der Waals surface area (Å²) < 4.78 is 13.3. The number of anilines is 4. The molecule has 16 nitrogen and oxygen atoms in total. The molecule has 2 saturated carbocycles. The second-order valence-electron chi connectivity index (χ2n) is 17.4. The normalized spacial score (nSPS) is 16.0. The minimum atomic E-state index is -0.256. The summed E-state index contributed by atoms with van der Waals surface area (Å²) in [6.45, 7) is 6.32. The molecular formula is C50H57BrN12O4. The molecule has 67 heavy (non-hydrogen) atoms. The monoisotopic (exact) mass is 968 g/mol. The molecule has 3 N–H and O–H groups in total. The Morgan fingerprint density at radius 2 is 1.24 bits per heavy atom. The van der Waals surface area contributed by atoms with E-state index in [1.54, 1.807) is 47.9 Å². The van der Waals surface area contributed by atoms with E-state index in [-0.39, 0.29) is 34.3 Å². The molecule has 0 saturated heterocycles. The molecule has 2 aromatic carbocycles. The van der Waals surface area contributed by atoms with Crippen LogP contribution in [0, 0.1) is 22.7 Å². The fourth-order valence-corrected chi connectivity index (χ4v) is 9.84. The van der Waals surface area contributed by atoms with Gasteiger partial charge in [-0.2, -0.15) is 20.5 Å². The molecule has 6 heterocycles. The van der Waals surface area contributed by atoms with Crippen LogP contribution in [-0.2, 0) is 35.4 Å². The summed E-state index contributed by atoms with van der Waals surface area (Å²) in [5.41, 5.74) is 8.16. The number of methoxy groups -OCH3 is 2. The number of halogens is 1. The van der Waals surface area contributed by atoms with Gasteiger partial charge in [0, 0.05) is 92.4 Å². The average molecular weight is 970 g/mol. The highest BCUT2D eigenvalue weighted by Crippen LogP contribution is 2.33. The minimum absolute atomic E-state index is 0.0841. The fourth-order valence-electron chi connectivity index (χ4n) is 9.51. The highest BCUT2D eigenvalue weighted by Gasteiger charge is 2.25. The highest BCUT2D eigenvalue weighted by atomic mass is 79.9. The van der Waals surface area contributed by atoms with Crippen LogP contribution in [0.25, 0.3) is 22.1 Å². The van der Waals surface area contributed by atoms with Gasteiger partial charge in [0.25, 0.3) is 11.1 Å². The van der Waals surface area contributed by atoms with Gasteiger partial charge in [-0.3, -0.25) is 23.6 Å². The number of nitrogens with one attached hydrogen (secondary N) is 3. The zero-order valence-electron chi connectivity index (χ0n) is 38.2. The molecule has 17 heteroatoms. The molecule has 0 radical (unpaired) electrons. The SMILES string of the molecule is COCCBr.COCCN1CCc2cc(Nc3ncc4cc(C#N)c(=O)n(C5CCCC5)c4n3)ccc2C1.N#Cc1cc2cnc(Nc3ccc4c(c3)CCNC4)nc2n(C2CCCC2)c1=O. The van der Waals surface area contributed by atoms with Gasteiger partial charge in [-0.05, 0) is 104 Å². The van der Waals surface area contributed by atoms with Gasteiger partial charge in [0.2, 0.25) is 11.9 Å². The summed E-state index contributed by atoms with van der Waals surface area (Å²) in [5, 5.41) is 31.1. The third kappa shape index (κ3) is 11.2. The number of ether oxygens (including phenoxy) is 2. The second-order valence-corrected chi connectivity index (χ2v) is 18.1. The van der Waals surface area contributed by atoms with E-state index >= 15 is 0 Å². The lowest BCUT2D eigenvalue weighted by Crippen LogP contribution is -2.33. The van der Waals surface area contributed by atoms with Gasteiger partial charge < -0.3 is 25.4 Å². The molecule has 4 aromatic heterocycles. The summed E-state index contributed by atoms with van der Waals surface area (Å²) in [4.78, 5) is 46.6. The Morgan fingerprint density at radius 1 is 0.716 bits per heavy atom. The number of rotatable bonds is 11. The molecule has 6 aromatic rings. The first-order chi connectivity index (χ1) is 32.8. The van der Waals surface area contributed by atoms with Crippen molar-refractivity contribution < 1.29 is 9.47 Å². The third-order valence-electron chi connectivity index (χ3n) is 13.0. The van der Waals surface area contributed by atoms with Crippen LogP contribution in [0.5, 0.6) is 0 Å². The van der Waals surface area contributed by atoms with E-state index in [0.29, 0.717) is 28.6 Å². The van der Waals surface area contributed by atoms with Gasteiger partial charge in [0.1, 0.15) is 34.6 Å². The summed E-state index contributed by atoms with van der Waals surface area (Å²) in [6.07, 6.45) is 13.5. The number of hydrogen-bond donors (Lipinski definition) is 3. The zero-order valence-corrected chi connectivity index (χ0v) is 39.8. The molecule has 2 aliphatic heterocycles. The van der Waals surface area contributed by atoms with Crippen molar-refractivity contribution in [2.75, 3.05) is 63.0 Å². The molecule has 0 amide bonds. The van der Waals surface area contributed by atoms with Gasteiger partial charge in [0.15, 0.2) is 0 Å². The van der Waals surface area contributed by atoms with E-state index in [1.165, 1.54) is 22.3 Å². The molecule has 0 bridgehead atoms. The van der Waals surface area contributed by atoms with E-state index in [1.807, 2.05) is 18.2 Å². The molecule has 4 aliphatic rings. The molecule has 2 fully saturated rings. The van der Waals surface area contributed by atoms with Crippen LogP contribution in [-0.4, -0.2) is 86.4 Å². The Balaban J connectivity index is 0.000000166. The smallest absolute Gasteiger partial charge is 0.270 e. The van der Waals surface area contributed by atoms with Crippen molar-refractivity contribution in [1.82, 2.24) is 39.3 Å². The van der Waals surface area contributed by atoms with Crippen molar-refractivity contribution >= 4 is 61.3 Å². The predicted octanol–water partition coefficient (Wildman–Crippen LogP) is 7.72. The van der Waals surface area contributed by atoms with Crippen LogP contribution >= 0.6 is 15.9 Å². The Hall–Kier alpha value is -6.08. The van der Waals surface area contributed by atoms with Crippen molar-refractivity contribution in [1.29, 1.82) is 10.5 Å². The molecule has 2 aliphatic carbocycles. The van der Waals surface area contributed by atoms with Crippen LogP contribution in [0.3, 0.4) is 0 Å². The van der Waals surface area contributed by atoms with E-state index in [9.17, 15) is 20.1 Å². The molecule has 10 rings (SSSR count). The van der Waals surface area contributed by atoms with Crippen molar-refractivity contribution in [2.45, 2.75) is 89.4 Å². The maximum absolute atomic E-state index is 13.0. The predicted molar refractivity (Wildman–Crippen MR) is 263 cm³/mol. The van der Waals surface area contributed by atoms with Gasteiger partial charge in [-0.1, -0.05) is 53.7 Å². The topological polar surface area (TPSA) is 201 Å². The second kappa shape index (κ2) is 22.6. The van der Waals surface area contributed by atoms with Crippen LogP contribution < -0.4 is 27.1 Å². The molecule has 348 valence electrons. The number of benzene rings is 2. The number of hydrogen-bond acceptors (Lipinski definition) is 14. The molecule has 0 atom stereocenters. The van der Waals surface area contributed by atoms with Crippen LogP contribution in [0.1, 0.15) is 96.8 Å². The number of nitrogens with zero attached hydrogens (tertiary/aromatic N) is 9. The van der Waals surface area contributed by atoms with E-state index in [2.05, 4.69) is 86.8 Å². The summed E-state index contributed by atoms with van der Waals surface area (Å²) >= 11 is 3.18. The van der Waals surface area contributed by atoms with Crippen molar-refractivity contribution in [2.24, 2.45) is 0 Å². The maximum atomic E-state index is 13.0. The molecule has 0 spiro atoms.